The van der Waals surface area contributed by atoms with Crippen LogP contribution in [0.3, 0.4) is 0 Å². The van der Waals surface area contributed by atoms with Crippen LogP contribution in [0.5, 0.6) is 0 Å². The van der Waals surface area contributed by atoms with E-state index in [9.17, 15) is 0 Å². The maximum Gasteiger partial charge on any atom is 0.143 e. The molecule has 3 nitrogen and oxygen atoms in total. The number of anilines is 2. The lowest BCUT2D eigenvalue weighted by atomic mass is 9.90. The number of aliphatic imine (C=N–C) groups is 1. The van der Waals surface area contributed by atoms with Crippen LogP contribution in [-0.4, -0.2) is 5.84 Å². The molecular weight excluding hydrogens is 426 g/mol. The molecule has 0 bridgehead atoms. The number of nitrogens with one attached hydrogen (secondary N) is 1. The first kappa shape index (κ1) is 19.8. The van der Waals surface area contributed by atoms with Gasteiger partial charge in [0, 0.05) is 11.1 Å². The largest absolute Gasteiger partial charge is 0.359 e. The van der Waals surface area contributed by atoms with Gasteiger partial charge in [-0.1, -0.05) is 103 Å². The predicted octanol–water partition coefficient (Wildman–Crippen LogP) is 8.04. The monoisotopic (exact) mass is 449 g/mol. The fourth-order valence-corrected chi connectivity index (χ4v) is 5.20. The third kappa shape index (κ3) is 3.24. The molecule has 0 saturated heterocycles. The highest BCUT2D eigenvalue weighted by atomic mass is 15.4. The molecule has 1 N–H and O–H groups in total. The van der Waals surface area contributed by atoms with Crippen molar-refractivity contribution in [2.24, 2.45) is 4.99 Å². The summed E-state index contributed by atoms with van der Waals surface area (Å²) in [6, 6.07) is 44.8. The molecule has 7 rings (SSSR count). The van der Waals surface area contributed by atoms with Gasteiger partial charge in [0.05, 0.1) is 17.1 Å². The van der Waals surface area contributed by atoms with Gasteiger partial charge in [-0.15, -0.1) is 0 Å². The number of fused-ring (bicyclic) bond motifs is 5. The average molecular weight is 450 g/mol. The molecule has 0 aromatic heterocycles. The van der Waals surface area contributed by atoms with Crippen molar-refractivity contribution in [1.29, 1.82) is 0 Å². The van der Waals surface area contributed by atoms with Gasteiger partial charge in [0.1, 0.15) is 12.0 Å². The summed E-state index contributed by atoms with van der Waals surface area (Å²) in [5.74, 6) is 0.965. The Morgan fingerprint density at radius 2 is 1.11 bits per heavy atom. The molecule has 2 heterocycles. The van der Waals surface area contributed by atoms with Gasteiger partial charge in [0.15, 0.2) is 0 Å². The summed E-state index contributed by atoms with van der Waals surface area (Å²) in [5, 5.41) is 3.78. The summed E-state index contributed by atoms with van der Waals surface area (Å²) < 4.78 is 0. The molecule has 3 heteroatoms. The topological polar surface area (TPSA) is 27.6 Å². The first-order chi connectivity index (χ1) is 17.4. The van der Waals surface area contributed by atoms with E-state index in [2.05, 4.69) is 132 Å². The van der Waals surface area contributed by atoms with Crippen molar-refractivity contribution >= 4 is 22.9 Å². The standard InChI is InChI=1S/C32H23N3/c1-4-12-22(13-5-1)25-20-27-29(21-26(25)23-14-6-2-7-15-23)34-31(24-16-8-3-9-17-24)35-30-19-11-10-18-28(30)33-32(27)35/h1-21,32-33H. The quantitative estimate of drug-likeness (QED) is 0.302. The predicted molar refractivity (Wildman–Crippen MR) is 145 cm³/mol. The van der Waals surface area contributed by atoms with E-state index in [1.807, 2.05) is 6.07 Å². The Morgan fingerprint density at radius 3 is 1.77 bits per heavy atom. The fourth-order valence-electron chi connectivity index (χ4n) is 5.20. The van der Waals surface area contributed by atoms with Gasteiger partial charge in [-0.2, -0.15) is 0 Å². The van der Waals surface area contributed by atoms with Gasteiger partial charge in [0.2, 0.25) is 0 Å². The summed E-state index contributed by atoms with van der Waals surface area (Å²) in [6.07, 6.45) is -0.0256. The zero-order valence-electron chi connectivity index (χ0n) is 19.1. The minimum absolute atomic E-state index is 0.0256. The molecular formula is C32H23N3. The van der Waals surface area contributed by atoms with Gasteiger partial charge in [-0.25, -0.2) is 4.99 Å². The van der Waals surface area contributed by atoms with Crippen LogP contribution in [-0.2, 0) is 0 Å². The molecule has 2 aliphatic rings. The van der Waals surface area contributed by atoms with E-state index < -0.39 is 0 Å². The third-order valence-corrected chi connectivity index (χ3v) is 6.83. The minimum Gasteiger partial charge on any atom is -0.359 e. The Hall–Kier alpha value is -4.63. The second kappa shape index (κ2) is 8.00. The van der Waals surface area contributed by atoms with E-state index in [-0.39, 0.29) is 6.17 Å². The Balaban J connectivity index is 1.50. The fraction of sp³-hybridized carbons (Fsp3) is 0.0312. The summed E-state index contributed by atoms with van der Waals surface area (Å²) in [6.45, 7) is 0. The van der Waals surface area contributed by atoms with Gasteiger partial charge in [-0.05, 0) is 46.5 Å². The first-order valence-electron chi connectivity index (χ1n) is 11.9. The van der Waals surface area contributed by atoms with Crippen LogP contribution in [0.4, 0.5) is 17.1 Å². The van der Waals surface area contributed by atoms with Crippen molar-refractivity contribution in [1.82, 2.24) is 0 Å². The van der Waals surface area contributed by atoms with Gasteiger partial charge < -0.3 is 5.32 Å². The highest BCUT2D eigenvalue weighted by molar-refractivity contribution is 6.16. The Morgan fingerprint density at radius 1 is 0.571 bits per heavy atom. The van der Waals surface area contributed by atoms with Gasteiger partial charge in [0.25, 0.3) is 0 Å². The van der Waals surface area contributed by atoms with Crippen LogP contribution in [0, 0.1) is 0 Å². The van der Waals surface area contributed by atoms with E-state index in [0.717, 1.165) is 28.5 Å². The van der Waals surface area contributed by atoms with Crippen molar-refractivity contribution in [3.05, 3.63) is 139 Å². The maximum absolute atomic E-state index is 5.28. The van der Waals surface area contributed by atoms with Crippen LogP contribution in [0.25, 0.3) is 22.3 Å². The maximum atomic E-state index is 5.28. The third-order valence-electron chi connectivity index (χ3n) is 6.83. The lowest BCUT2D eigenvalue weighted by Gasteiger charge is -2.34. The van der Waals surface area contributed by atoms with Crippen molar-refractivity contribution < 1.29 is 0 Å². The minimum atomic E-state index is -0.0256. The average Bonchev–Trinajstić information content (AvgIpc) is 3.33. The Bertz CT molecular complexity index is 1560. The Labute approximate surface area is 205 Å². The highest BCUT2D eigenvalue weighted by Crippen LogP contribution is 2.49. The SMILES string of the molecule is c1ccc(C2=Nc3cc(-c4ccccc4)c(-c4ccccc4)cc3C3Nc4ccccc4N23)cc1. The Kier molecular flexibility index (Phi) is 4.52. The number of nitrogens with zero attached hydrogens (tertiary/aromatic N) is 2. The molecule has 0 fully saturated rings. The number of amidine groups is 1. The molecule has 0 aliphatic carbocycles. The van der Waals surface area contributed by atoms with Crippen LogP contribution >= 0.6 is 0 Å². The lowest BCUT2D eigenvalue weighted by Crippen LogP contribution is -2.37. The molecule has 1 unspecified atom stereocenters. The van der Waals surface area contributed by atoms with Crippen molar-refractivity contribution in [2.45, 2.75) is 6.17 Å². The summed E-state index contributed by atoms with van der Waals surface area (Å²) in [4.78, 5) is 7.62. The molecule has 5 aromatic rings. The number of rotatable bonds is 3. The molecule has 2 aliphatic heterocycles. The van der Waals surface area contributed by atoms with E-state index in [0.29, 0.717) is 0 Å². The molecule has 5 aromatic carbocycles. The van der Waals surface area contributed by atoms with E-state index >= 15 is 0 Å². The van der Waals surface area contributed by atoms with Crippen molar-refractivity contribution in [2.75, 3.05) is 10.2 Å². The second-order valence-electron chi connectivity index (χ2n) is 8.92. The number of benzene rings is 5. The summed E-state index contributed by atoms with van der Waals surface area (Å²) in [5.41, 5.74) is 10.4. The zero-order valence-corrected chi connectivity index (χ0v) is 19.1. The summed E-state index contributed by atoms with van der Waals surface area (Å²) >= 11 is 0. The number of para-hydroxylation sites is 2. The van der Waals surface area contributed by atoms with E-state index in [1.54, 1.807) is 0 Å². The molecule has 35 heavy (non-hydrogen) atoms. The second-order valence-corrected chi connectivity index (χ2v) is 8.92. The van der Waals surface area contributed by atoms with Crippen LogP contribution in [0.15, 0.2) is 132 Å². The number of hydrogen-bond acceptors (Lipinski definition) is 3. The molecule has 0 radical (unpaired) electrons. The van der Waals surface area contributed by atoms with E-state index in [1.165, 1.54) is 27.8 Å². The lowest BCUT2D eigenvalue weighted by molar-refractivity contribution is 0.833. The van der Waals surface area contributed by atoms with Gasteiger partial charge in [-0.3, -0.25) is 4.90 Å². The molecule has 0 saturated carbocycles. The van der Waals surface area contributed by atoms with Gasteiger partial charge >= 0.3 is 0 Å². The molecule has 166 valence electrons. The molecule has 0 spiro atoms. The molecule has 1 atom stereocenters. The summed E-state index contributed by atoms with van der Waals surface area (Å²) in [7, 11) is 0. The first-order valence-corrected chi connectivity index (χ1v) is 11.9. The van der Waals surface area contributed by atoms with Crippen LogP contribution in [0.2, 0.25) is 0 Å². The normalized spacial score (nSPS) is 15.5. The molecule has 0 amide bonds. The van der Waals surface area contributed by atoms with Crippen LogP contribution in [0.1, 0.15) is 17.3 Å². The highest BCUT2D eigenvalue weighted by Gasteiger charge is 2.38. The van der Waals surface area contributed by atoms with Crippen molar-refractivity contribution in [3.8, 4) is 22.3 Å². The smallest absolute Gasteiger partial charge is 0.143 e. The van der Waals surface area contributed by atoms with Crippen LogP contribution < -0.4 is 10.2 Å². The zero-order chi connectivity index (χ0) is 23.2. The van der Waals surface area contributed by atoms with Crippen molar-refractivity contribution in [3.63, 3.8) is 0 Å². The number of hydrogen-bond donors (Lipinski definition) is 1. The van der Waals surface area contributed by atoms with E-state index in [4.69, 9.17) is 4.99 Å².